The molecule has 3 N–H and O–H groups in total. The van der Waals surface area contributed by atoms with E-state index in [0.717, 1.165) is 5.56 Å². The van der Waals surface area contributed by atoms with Gasteiger partial charge in [-0.25, -0.2) is 5.84 Å². The SMILES string of the molecule is COCC(Oc1cc(C)ccc1[N+](=O)[O-])C(=O)NN. The van der Waals surface area contributed by atoms with Crippen LogP contribution in [-0.2, 0) is 9.53 Å². The average molecular weight is 269 g/mol. The average Bonchev–Trinajstić information content (AvgIpc) is 2.37. The molecule has 0 aromatic heterocycles. The van der Waals surface area contributed by atoms with Gasteiger partial charge >= 0.3 is 5.69 Å². The van der Waals surface area contributed by atoms with Gasteiger partial charge in [-0.1, -0.05) is 6.07 Å². The zero-order valence-corrected chi connectivity index (χ0v) is 10.6. The molecule has 1 amide bonds. The quantitative estimate of drug-likeness (QED) is 0.332. The second kappa shape index (κ2) is 6.66. The minimum Gasteiger partial charge on any atom is -0.471 e. The first-order valence-corrected chi connectivity index (χ1v) is 5.40. The maximum absolute atomic E-state index is 11.5. The molecule has 1 atom stereocenters. The van der Waals surface area contributed by atoms with Crippen LogP contribution in [0.5, 0.6) is 5.75 Å². The van der Waals surface area contributed by atoms with Crippen molar-refractivity contribution < 1.29 is 19.2 Å². The molecule has 0 saturated heterocycles. The number of carbonyl (C=O) groups is 1. The third-order valence-electron chi connectivity index (χ3n) is 2.33. The molecule has 1 aromatic carbocycles. The summed E-state index contributed by atoms with van der Waals surface area (Å²) in [6, 6.07) is 4.37. The number of rotatable bonds is 6. The zero-order valence-electron chi connectivity index (χ0n) is 10.6. The molecule has 0 aliphatic carbocycles. The summed E-state index contributed by atoms with van der Waals surface area (Å²) in [5.41, 5.74) is 2.46. The van der Waals surface area contributed by atoms with E-state index in [-0.39, 0.29) is 18.0 Å². The van der Waals surface area contributed by atoms with E-state index in [9.17, 15) is 14.9 Å². The van der Waals surface area contributed by atoms with Gasteiger partial charge in [0.25, 0.3) is 5.91 Å². The fraction of sp³-hybridized carbons (Fsp3) is 0.364. The van der Waals surface area contributed by atoms with Gasteiger partial charge in [0.05, 0.1) is 11.5 Å². The number of nitrogens with one attached hydrogen (secondary N) is 1. The van der Waals surface area contributed by atoms with Gasteiger partial charge in [0.1, 0.15) is 0 Å². The Kier molecular flexibility index (Phi) is 5.22. The van der Waals surface area contributed by atoms with Crippen LogP contribution in [0.15, 0.2) is 18.2 Å². The third-order valence-corrected chi connectivity index (χ3v) is 2.33. The van der Waals surface area contributed by atoms with Crippen molar-refractivity contribution in [3.8, 4) is 5.75 Å². The number of hydrogen-bond donors (Lipinski definition) is 2. The molecular formula is C11H15N3O5. The highest BCUT2D eigenvalue weighted by molar-refractivity contribution is 5.80. The molecule has 8 heteroatoms. The van der Waals surface area contributed by atoms with Crippen LogP contribution in [0.4, 0.5) is 5.69 Å². The van der Waals surface area contributed by atoms with Crippen molar-refractivity contribution in [1.82, 2.24) is 5.43 Å². The summed E-state index contributed by atoms with van der Waals surface area (Å²) in [6.07, 6.45) is -1.06. The number of nitro benzene ring substituents is 1. The van der Waals surface area contributed by atoms with E-state index in [4.69, 9.17) is 15.3 Å². The number of benzene rings is 1. The van der Waals surface area contributed by atoms with Crippen LogP contribution in [0.3, 0.4) is 0 Å². The molecule has 1 unspecified atom stereocenters. The summed E-state index contributed by atoms with van der Waals surface area (Å²) in [4.78, 5) is 21.8. The fourth-order valence-corrected chi connectivity index (χ4v) is 1.43. The lowest BCUT2D eigenvalue weighted by molar-refractivity contribution is -0.386. The summed E-state index contributed by atoms with van der Waals surface area (Å²) < 4.78 is 10.1. The van der Waals surface area contributed by atoms with Crippen molar-refractivity contribution in [2.75, 3.05) is 13.7 Å². The second-order valence-electron chi connectivity index (χ2n) is 3.80. The van der Waals surface area contributed by atoms with Crippen LogP contribution in [0.25, 0.3) is 0 Å². The standard InChI is InChI=1S/C11H15N3O5/c1-7-3-4-8(14(16)17)9(5-7)19-10(6-18-2)11(15)13-12/h3-5,10H,6,12H2,1-2H3,(H,13,15). The number of carbonyl (C=O) groups excluding carboxylic acids is 1. The maximum atomic E-state index is 11.5. The third kappa shape index (κ3) is 3.90. The van der Waals surface area contributed by atoms with Crippen molar-refractivity contribution in [2.45, 2.75) is 13.0 Å². The lowest BCUT2D eigenvalue weighted by Gasteiger charge is -2.16. The first-order valence-electron chi connectivity index (χ1n) is 5.40. The summed E-state index contributed by atoms with van der Waals surface area (Å²) in [6.45, 7) is 1.68. The highest BCUT2D eigenvalue weighted by Gasteiger charge is 2.24. The Bertz CT molecular complexity index is 477. The zero-order chi connectivity index (χ0) is 14.4. The highest BCUT2D eigenvalue weighted by Crippen LogP contribution is 2.28. The number of nitrogens with zero attached hydrogens (tertiary/aromatic N) is 1. The van der Waals surface area contributed by atoms with Gasteiger partial charge in [-0.2, -0.15) is 0 Å². The fourth-order valence-electron chi connectivity index (χ4n) is 1.43. The predicted octanol–water partition coefficient (Wildman–Crippen LogP) is 0.287. The number of nitrogens with two attached hydrogens (primary N) is 1. The largest absolute Gasteiger partial charge is 0.471 e. The summed E-state index contributed by atoms with van der Waals surface area (Å²) in [5, 5.41) is 10.9. The number of nitro groups is 1. The minimum atomic E-state index is -1.06. The van der Waals surface area contributed by atoms with E-state index in [0.29, 0.717) is 0 Å². The van der Waals surface area contributed by atoms with Gasteiger partial charge in [-0.15, -0.1) is 0 Å². The van der Waals surface area contributed by atoms with Gasteiger partial charge in [-0.05, 0) is 18.6 Å². The number of amides is 1. The molecule has 0 spiro atoms. The van der Waals surface area contributed by atoms with Crippen LogP contribution in [0.1, 0.15) is 5.56 Å². The lowest BCUT2D eigenvalue weighted by atomic mass is 10.2. The van der Waals surface area contributed by atoms with Crippen LogP contribution in [-0.4, -0.2) is 30.7 Å². The number of hydrogen-bond acceptors (Lipinski definition) is 6. The Labute approximate surface area is 109 Å². The lowest BCUT2D eigenvalue weighted by Crippen LogP contribution is -2.44. The monoisotopic (exact) mass is 269 g/mol. The number of ether oxygens (including phenoxy) is 2. The Morgan fingerprint density at radius 3 is 2.79 bits per heavy atom. The number of hydrazine groups is 1. The van der Waals surface area contributed by atoms with Crippen molar-refractivity contribution in [3.05, 3.63) is 33.9 Å². The Morgan fingerprint density at radius 1 is 1.58 bits per heavy atom. The van der Waals surface area contributed by atoms with E-state index in [1.807, 2.05) is 5.43 Å². The van der Waals surface area contributed by atoms with Crippen LogP contribution < -0.4 is 16.0 Å². The minimum absolute atomic E-state index is 0.00403. The summed E-state index contributed by atoms with van der Waals surface area (Å²) in [7, 11) is 1.38. The molecule has 0 heterocycles. The van der Waals surface area contributed by atoms with Crippen molar-refractivity contribution in [2.24, 2.45) is 5.84 Å². The van der Waals surface area contributed by atoms with Crippen molar-refractivity contribution in [3.63, 3.8) is 0 Å². The molecule has 0 fully saturated rings. The molecular weight excluding hydrogens is 254 g/mol. The van der Waals surface area contributed by atoms with Crippen molar-refractivity contribution >= 4 is 11.6 Å². The highest BCUT2D eigenvalue weighted by atomic mass is 16.6. The van der Waals surface area contributed by atoms with Crippen LogP contribution >= 0.6 is 0 Å². The Morgan fingerprint density at radius 2 is 2.26 bits per heavy atom. The van der Waals surface area contributed by atoms with Gasteiger partial charge < -0.3 is 9.47 Å². The first-order chi connectivity index (χ1) is 8.99. The molecule has 19 heavy (non-hydrogen) atoms. The molecule has 0 aliphatic heterocycles. The second-order valence-corrected chi connectivity index (χ2v) is 3.80. The molecule has 8 nitrogen and oxygen atoms in total. The number of methoxy groups -OCH3 is 1. The van der Waals surface area contributed by atoms with Gasteiger partial charge in [0, 0.05) is 13.2 Å². The molecule has 1 aromatic rings. The molecule has 0 radical (unpaired) electrons. The van der Waals surface area contributed by atoms with Gasteiger partial charge in [0.2, 0.25) is 6.10 Å². The van der Waals surface area contributed by atoms with E-state index in [1.54, 1.807) is 13.0 Å². The number of aryl methyl sites for hydroxylation is 1. The van der Waals surface area contributed by atoms with Crippen LogP contribution in [0.2, 0.25) is 0 Å². The smallest absolute Gasteiger partial charge is 0.310 e. The summed E-state index contributed by atoms with van der Waals surface area (Å²) in [5.74, 6) is 4.38. The molecule has 1 rings (SSSR count). The Hall–Kier alpha value is -2.19. The molecule has 0 aliphatic rings. The first kappa shape index (κ1) is 14.9. The predicted molar refractivity (Wildman–Crippen MR) is 66.5 cm³/mol. The van der Waals surface area contributed by atoms with Gasteiger partial charge in [-0.3, -0.25) is 20.3 Å². The Balaban J connectivity index is 3.04. The maximum Gasteiger partial charge on any atom is 0.310 e. The molecule has 0 bridgehead atoms. The van der Waals surface area contributed by atoms with Crippen LogP contribution in [0, 0.1) is 17.0 Å². The summed E-state index contributed by atoms with van der Waals surface area (Å²) >= 11 is 0. The van der Waals surface area contributed by atoms with Crippen molar-refractivity contribution in [1.29, 1.82) is 0 Å². The van der Waals surface area contributed by atoms with E-state index in [1.165, 1.54) is 19.2 Å². The normalized spacial score (nSPS) is 11.7. The van der Waals surface area contributed by atoms with E-state index < -0.39 is 16.9 Å². The molecule has 104 valence electrons. The van der Waals surface area contributed by atoms with E-state index >= 15 is 0 Å². The topological polar surface area (TPSA) is 117 Å². The van der Waals surface area contributed by atoms with Gasteiger partial charge in [0.15, 0.2) is 5.75 Å². The molecule has 0 saturated carbocycles. The van der Waals surface area contributed by atoms with E-state index in [2.05, 4.69) is 0 Å².